The van der Waals surface area contributed by atoms with E-state index in [2.05, 4.69) is 37.1 Å². The van der Waals surface area contributed by atoms with Gasteiger partial charge in [0.25, 0.3) is 5.91 Å². The number of aryl methyl sites for hydroxylation is 1. The first kappa shape index (κ1) is 17.9. The molecule has 0 aromatic carbocycles. The molecular formula is C19H30N2O2S. The zero-order valence-electron chi connectivity index (χ0n) is 15.2. The smallest absolute Gasteiger partial charge is 0.261 e. The van der Waals surface area contributed by atoms with Crippen molar-refractivity contribution in [2.75, 3.05) is 39.4 Å². The van der Waals surface area contributed by atoms with Gasteiger partial charge in [0.15, 0.2) is 0 Å². The number of nitrogens with zero attached hydrogens (tertiary/aromatic N) is 1. The van der Waals surface area contributed by atoms with Crippen LogP contribution in [-0.4, -0.2) is 50.2 Å². The predicted molar refractivity (Wildman–Crippen MR) is 98.9 cm³/mol. The van der Waals surface area contributed by atoms with Gasteiger partial charge in [-0.15, -0.1) is 11.3 Å². The first-order valence-corrected chi connectivity index (χ1v) is 9.95. The van der Waals surface area contributed by atoms with Crippen LogP contribution in [0, 0.1) is 11.3 Å². The van der Waals surface area contributed by atoms with E-state index in [1.165, 1.54) is 16.9 Å². The van der Waals surface area contributed by atoms with E-state index in [1.807, 2.05) is 0 Å². The average molecular weight is 351 g/mol. The highest BCUT2D eigenvalue weighted by Gasteiger charge is 2.30. The first-order chi connectivity index (χ1) is 11.4. The third-order valence-corrected chi connectivity index (χ3v) is 6.58. The van der Waals surface area contributed by atoms with Gasteiger partial charge >= 0.3 is 0 Å². The molecule has 1 unspecified atom stereocenters. The minimum Gasteiger partial charge on any atom is -0.379 e. The van der Waals surface area contributed by atoms with Crippen LogP contribution in [0.2, 0.25) is 0 Å². The van der Waals surface area contributed by atoms with Gasteiger partial charge < -0.3 is 10.1 Å². The Bertz CT molecular complexity index is 570. The number of nitrogens with one attached hydrogen (secondary N) is 1. The second kappa shape index (κ2) is 7.54. The van der Waals surface area contributed by atoms with Crippen molar-refractivity contribution in [3.8, 4) is 0 Å². The number of amides is 1. The van der Waals surface area contributed by atoms with Crippen LogP contribution >= 0.6 is 11.3 Å². The molecule has 1 aliphatic heterocycles. The fourth-order valence-electron chi connectivity index (χ4n) is 3.61. The van der Waals surface area contributed by atoms with Gasteiger partial charge in [0, 0.05) is 31.1 Å². The number of carbonyl (C=O) groups excluding carboxylic acids is 1. The summed E-state index contributed by atoms with van der Waals surface area (Å²) in [7, 11) is 0. The Morgan fingerprint density at radius 2 is 2.12 bits per heavy atom. The van der Waals surface area contributed by atoms with Crippen LogP contribution in [0.15, 0.2) is 6.07 Å². The average Bonchev–Trinajstić information content (AvgIpc) is 2.98. The SMILES string of the molecule is CC(C)(C)C1CCc2sc(C(=O)NCCN3CCOCC3)cc2C1. The molecule has 2 heterocycles. The Hall–Kier alpha value is -0.910. The van der Waals surface area contributed by atoms with Gasteiger partial charge in [-0.3, -0.25) is 9.69 Å². The lowest BCUT2D eigenvalue weighted by Crippen LogP contribution is -2.41. The molecule has 1 atom stereocenters. The van der Waals surface area contributed by atoms with Gasteiger partial charge in [0.05, 0.1) is 18.1 Å². The molecule has 1 fully saturated rings. The molecule has 4 nitrogen and oxygen atoms in total. The number of fused-ring (bicyclic) bond motifs is 1. The number of carbonyl (C=O) groups is 1. The van der Waals surface area contributed by atoms with E-state index in [0.29, 0.717) is 12.0 Å². The summed E-state index contributed by atoms with van der Waals surface area (Å²) in [5, 5.41) is 3.09. The standard InChI is InChI=1S/C19H30N2O2S/c1-19(2,3)15-4-5-16-14(12-15)13-17(24-16)18(22)20-6-7-21-8-10-23-11-9-21/h13,15H,4-12H2,1-3H3,(H,20,22). The lowest BCUT2D eigenvalue weighted by atomic mass is 9.72. The van der Waals surface area contributed by atoms with E-state index in [0.717, 1.165) is 56.5 Å². The molecule has 24 heavy (non-hydrogen) atoms. The second-order valence-electron chi connectivity index (χ2n) is 8.07. The Labute approximate surface area is 149 Å². The maximum Gasteiger partial charge on any atom is 0.261 e. The van der Waals surface area contributed by atoms with Crippen molar-refractivity contribution in [2.24, 2.45) is 11.3 Å². The summed E-state index contributed by atoms with van der Waals surface area (Å²) in [5.41, 5.74) is 1.75. The van der Waals surface area contributed by atoms with E-state index < -0.39 is 0 Å². The zero-order valence-corrected chi connectivity index (χ0v) is 16.0. The maximum absolute atomic E-state index is 12.4. The quantitative estimate of drug-likeness (QED) is 0.908. The predicted octanol–water partition coefficient (Wildman–Crippen LogP) is 2.96. The first-order valence-electron chi connectivity index (χ1n) is 9.13. The van der Waals surface area contributed by atoms with E-state index >= 15 is 0 Å². The molecule has 0 saturated carbocycles. The maximum atomic E-state index is 12.4. The molecule has 0 spiro atoms. The summed E-state index contributed by atoms with van der Waals surface area (Å²) in [6.45, 7) is 12.2. The Morgan fingerprint density at radius 3 is 2.83 bits per heavy atom. The third kappa shape index (κ3) is 4.38. The Morgan fingerprint density at radius 1 is 1.38 bits per heavy atom. The molecule has 2 aliphatic rings. The van der Waals surface area contributed by atoms with Crippen LogP contribution in [0.1, 0.15) is 47.3 Å². The molecule has 1 amide bonds. The summed E-state index contributed by atoms with van der Waals surface area (Å²) in [6.07, 6.45) is 3.49. The van der Waals surface area contributed by atoms with Crippen LogP contribution in [0.4, 0.5) is 0 Å². The monoisotopic (exact) mass is 350 g/mol. The van der Waals surface area contributed by atoms with Gasteiger partial charge in [-0.2, -0.15) is 0 Å². The molecule has 1 aromatic rings. The van der Waals surface area contributed by atoms with Gasteiger partial charge in [0.2, 0.25) is 0 Å². The number of rotatable bonds is 4. The normalized spacial score (nSPS) is 22.2. The van der Waals surface area contributed by atoms with Crippen molar-refractivity contribution in [1.29, 1.82) is 0 Å². The zero-order chi connectivity index (χ0) is 17.2. The summed E-state index contributed by atoms with van der Waals surface area (Å²) in [5.74, 6) is 0.812. The highest BCUT2D eigenvalue weighted by atomic mass is 32.1. The van der Waals surface area contributed by atoms with Crippen molar-refractivity contribution in [3.05, 3.63) is 21.4 Å². The van der Waals surface area contributed by atoms with E-state index in [4.69, 9.17) is 4.74 Å². The lowest BCUT2D eigenvalue weighted by Gasteiger charge is -2.33. The van der Waals surface area contributed by atoms with Crippen molar-refractivity contribution in [1.82, 2.24) is 10.2 Å². The summed E-state index contributed by atoms with van der Waals surface area (Å²) < 4.78 is 5.35. The Kier molecular flexibility index (Phi) is 5.63. The number of morpholine rings is 1. The van der Waals surface area contributed by atoms with Crippen LogP contribution in [0.3, 0.4) is 0 Å². The fraction of sp³-hybridized carbons (Fsp3) is 0.737. The van der Waals surface area contributed by atoms with Crippen molar-refractivity contribution < 1.29 is 9.53 Å². The van der Waals surface area contributed by atoms with Crippen LogP contribution in [0.25, 0.3) is 0 Å². The van der Waals surface area contributed by atoms with Crippen LogP contribution in [0.5, 0.6) is 0 Å². The summed E-state index contributed by atoms with van der Waals surface area (Å²) in [6, 6.07) is 2.14. The molecule has 0 radical (unpaired) electrons. The van der Waals surface area contributed by atoms with Crippen molar-refractivity contribution >= 4 is 17.2 Å². The van der Waals surface area contributed by atoms with Gasteiger partial charge in [-0.1, -0.05) is 20.8 Å². The van der Waals surface area contributed by atoms with E-state index in [9.17, 15) is 4.79 Å². The van der Waals surface area contributed by atoms with Crippen LogP contribution < -0.4 is 5.32 Å². The fourth-order valence-corrected chi connectivity index (χ4v) is 4.74. The molecule has 3 rings (SSSR count). The third-order valence-electron chi connectivity index (χ3n) is 5.35. The minimum atomic E-state index is 0.0926. The molecule has 1 aliphatic carbocycles. The topological polar surface area (TPSA) is 41.6 Å². The highest BCUT2D eigenvalue weighted by molar-refractivity contribution is 7.14. The molecule has 1 aromatic heterocycles. The molecule has 134 valence electrons. The molecule has 1 saturated heterocycles. The summed E-state index contributed by atoms with van der Waals surface area (Å²) >= 11 is 1.70. The molecular weight excluding hydrogens is 320 g/mol. The minimum absolute atomic E-state index is 0.0926. The Balaban J connectivity index is 1.52. The highest BCUT2D eigenvalue weighted by Crippen LogP contribution is 2.40. The van der Waals surface area contributed by atoms with E-state index in [-0.39, 0.29) is 5.91 Å². The second-order valence-corrected chi connectivity index (χ2v) is 9.21. The molecule has 5 heteroatoms. The number of thiophene rings is 1. The van der Waals surface area contributed by atoms with Gasteiger partial charge in [-0.25, -0.2) is 0 Å². The van der Waals surface area contributed by atoms with Crippen molar-refractivity contribution in [3.63, 3.8) is 0 Å². The number of hydrogen-bond donors (Lipinski definition) is 1. The molecule has 1 N–H and O–H groups in total. The number of hydrogen-bond acceptors (Lipinski definition) is 4. The van der Waals surface area contributed by atoms with Crippen LogP contribution in [-0.2, 0) is 17.6 Å². The van der Waals surface area contributed by atoms with Gasteiger partial charge in [-0.05, 0) is 42.2 Å². The van der Waals surface area contributed by atoms with E-state index in [1.54, 1.807) is 11.3 Å². The largest absolute Gasteiger partial charge is 0.379 e. The van der Waals surface area contributed by atoms with Crippen molar-refractivity contribution in [2.45, 2.75) is 40.0 Å². The summed E-state index contributed by atoms with van der Waals surface area (Å²) in [4.78, 5) is 17.1. The van der Waals surface area contributed by atoms with Gasteiger partial charge in [0.1, 0.15) is 0 Å². The molecule has 0 bridgehead atoms. The lowest BCUT2D eigenvalue weighted by molar-refractivity contribution is 0.0383. The number of ether oxygens (including phenoxy) is 1.